The molecule has 0 spiro atoms. The minimum absolute atomic E-state index is 0. The summed E-state index contributed by atoms with van der Waals surface area (Å²) >= 11 is 1.76. The van der Waals surface area contributed by atoms with Gasteiger partial charge in [0.15, 0.2) is 5.78 Å². The minimum Gasteiger partial charge on any atom is -0.512 e. The third-order valence-electron chi connectivity index (χ3n) is 8.27. The van der Waals surface area contributed by atoms with Gasteiger partial charge in [-0.05, 0) is 60.9 Å². The zero-order chi connectivity index (χ0) is 31.9. The van der Waals surface area contributed by atoms with Crippen LogP contribution < -0.4 is 0 Å². The average molecular weight is 798 g/mol. The number of benzene rings is 2. The van der Waals surface area contributed by atoms with Crippen LogP contribution in [0.1, 0.15) is 79.7 Å². The van der Waals surface area contributed by atoms with Gasteiger partial charge in [0.05, 0.1) is 16.0 Å². The zero-order valence-corrected chi connectivity index (χ0v) is 30.7. The van der Waals surface area contributed by atoms with E-state index in [1.807, 2.05) is 46.2 Å². The SMILES string of the molecule is CC(C)(C)c1cc(-c2cc(-c3cc4ncccc4s3)ccn2)[c-]c2ccccc12.CCC(CC)C(=O)/C=C(\O)C(CC)CC.[Ir]. The number of pyridine rings is 2. The van der Waals surface area contributed by atoms with Gasteiger partial charge < -0.3 is 5.11 Å². The molecule has 1 N–H and O–H groups in total. The van der Waals surface area contributed by atoms with Gasteiger partial charge in [0.1, 0.15) is 0 Å². The predicted octanol–water partition coefficient (Wildman–Crippen LogP) is 11.1. The molecule has 0 unspecified atom stereocenters. The first-order chi connectivity index (χ1) is 21.1. The monoisotopic (exact) mass is 798 g/mol. The van der Waals surface area contributed by atoms with Crippen molar-refractivity contribution in [2.75, 3.05) is 0 Å². The van der Waals surface area contributed by atoms with Crippen LogP contribution in [-0.2, 0) is 30.3 Å². The topological polar surface area (TPSA) is 63.1 Å². The van der Waals surface area contributed by atoms with E-state index in [1.54, 1.807) is 11.3 Å². The second-order valence-corrected chi connectivity index (χ2v) is 13.4. The van der Waals surface area contributed by atoms with Crippen molar-refractivity contribution >= 4 is 38.1 Å². The number of carbonyl (C=O) groups is 1. The van der Waals surface area contributed by atoms with Crippen molar-refractivity contribution in [2.45, 2.75) is 79.6 Å². The Labute approximate surface area is 286 Å². The van der Waals surface area contributed by atoms with Crippen molar-refractivity contribution in [3.63, 3.8) is 0 Å². The molecule has 6 heteroatoms. The van der Waals surface area contributed by atoms with E-state index in [4.69, 9.17) is 0 Å². The molecule has 5 aromatic rings. The molecule has 5 rings (SSSR count). The van der Waals surface area contributed by atoms with Gasteiger partial charge in [0.25, 0.3) is 0 Å². The molecule has 0 aliphatic rings. The Balaban J connectivity index is 0.000000297. The van der Waals surface area contributed by atoms with Crippen molar-refractivity contribution in [3.8, 4) is 21.7 Å². The van der Waals surface area contributed by atoms with E-state index in [2.05, 4.69) is 91.4 Å². The van der Waals surface area contributed by atoms with Crippen molar-refractivity contribution in [3.05, 3.63) is 96.5 Å². The number of carbonyl (C=O) groups excluding carboxylic acids is 1. The van der Waals surface area contributed by atoms with Crippen molar-refractivity contribution in [2.24, 2.45) is 11.8 Å². The molecule has 3 heterocycles. The molecular weight excluding hydrogens is 753 g/mol. The van der Waals surface area contributed by atoms with E-state index in [1.165, 1.54) is 26.6 Å². The zero-order valence-electron chi connectivity index (χ0n) is 27.5. The van der Waals surface area contributed by atoms with E-state index in [0.717, 1.165) is 53.4 Å². The minimum atomic E-state index is 0. The Bertz CT molecular complexity index is 1710. The molecule has 4 nitrogen and oxygen atoms in total. The maximum Gasteiger partial charge on any atom is 0.162 e. The van der Waals surface area contributed by atoms with Crippen LogP contribution in [0, 0.1) is 17.9 Å². The summed E-state index contributed by atoms with van der Waals surface area (Å²) in [5.74, 6) is 0.547. The van der Waals surface area contributed by atoms with Gasteiger partial charge in [-0.3, -0.25) is 14.8 Å². The molecule has 0 fully saturated rings. The van der Waals surface area contributed by atoms with Gasteiger partial charge in [-0.25, -0.2) is 0 Å². The second-order valence-electron chi connectivity index (χ2n) is 12.3. The molecule has 239 valence electrons. The van der Waals surface area contributed by atoms with Gasteiger partial charge in [-0.15, -0.1) is 40.5 Å². The van der Waals surface area contributed by atoms with Crippen LogP contribution in [0.5, 0.6) is 0 Å². The molecule has 0 aliphatic carbocycles. The fraction of sp³-hybridized carbons (Fsp3) is 0.359. The predicted molar refractivity (Wildman–Crippen MR) is 187 cm³/mol. The maximum atomic E-state index is 11.7. The summed E-state index contributed by atoms with van der Waals surface area (Å²) in [4.78, 5) is 22.1. The first-order valence-corrected chi connectivity index (χ1v) is 16.6. The number of nitrogens with zero attached hydrogens (tertiary/aromatic N) is 2. The Hall–Kier alpha value is -3.18. The summed E-state index contributed by atoms with van der Waals surface area (Å²) in [6, 6.07) is 24.8. The number of aliphatic hydroxyl groups excluding tert-OH is 1. The maximum absolute atomic E-state index is 11.7. The normalized spacial score (nSPS) is 11.9. The van der Waals surface area contributed by atoms with E-state index in [-0.39, 0.29) is 48.9 Å². The number of fused-ring (bicyclic) bond motifs is 2. The average Bonchev–Trinajstić information content (AvgIpc) is 3.46. The Morgan fingerprint density at radius 3 is 2.22 bits per heavy atom. The molecule has 2 aromatic carbocycles. The Morgan fingerprint density at radius 2 is 1.58 bits per heavy atom. The van der Waals surface area contributed by atoms with Crippen molar-refractivity contribution in [1.29, 1.82) is 0 Å². The van der Waals surface area contributed by atoms with Crippen LogP contribution >= 0.6 is 11.3 Å². The van der Waals surface area contributed by atoms with Gasteiger partial charge in [0, 0.05) is 61.0 Å². The quantitative estimate of drug-likeness (QED) is 0.0917. The van der Waals surface area contributed by atoms with Crippen LogP contribution in [0.4, 0.5) is 0 Å². The number of aromatic nitrogens is 2. The van der Waals surface area contributed by atoms with Crippen LogP contribution in [0.15, 0.2) is 84.9 Å². The van der Waals surface area contributed by atoms with E-state index in [9.17, 15) is 9.90 Å². The summed E-state index contributed by atoms with van der Waals surface area (Å²) in [6.45, 7) is 14.8. The number of thiophene rings is 1. The molecule has 45 heavy (non-hydrogen) atoms. The first-order valence-electron chi connectivity index (χ1n) is 15.8. The molecule has 0 amide bonds. The molecule has 0 saturated carbocycles. The summed E-state index contributed by atoms with van der Waals surface area (Å²) in [5, 5.41) is 12.2. The third kappa shape index (κ3) is 8.97. The molecule has 0 bridgehead atoms. The standard InChI is InChI=1S/C26H21N2S.C13H24O2.Ir/c1-26(2,3)21-14-19(13-17-7-4-5-8-20(17)21)22-15-18(10-12-28-22)25-16-23-24(29-25)9-6-11-27-23;1-5-10(6-2)12(14)9-13(15)11(7-3)8-4;/h4-12,14-16H,1-3H3;9-11,14H,5-8H2,1-4H3;/q-1;;/b;12-9-;. The summed E-state index contributed by atoms with van der Waals surface area (Å²) in [7, 11) is 0. The van der Waals surface area contributed by atoms with Crippen LogP contribution in [0.2, 0.25) is 0 Å². The second kappa shape index (κ2) is 16.4. The van der Waals surface area contributed by atoms with E-state index >= 15 is 0 Å². The number of hydrogen-bond donors (Lipinski definition) is 1. The molecule has 3 aromatic heterocycles. The Morgan fingerprint density at radius 1 is 0.889 bits per heavy atom. The van der Waals surface area contributed by atoms with E-state index in [0.29, 0.717) is 0 Å². The number of hydrogen-bond acceptors (Lipinski definition) is 5. The van der Waals surface area contributed by atoms with Gasteiger partial charge in [-0.1, -0.05) is 83.7 Å². The van der Waals surface area contributed by atoms with E-state index < -0.39 is 0 Å². The van der Waals surface area contributed by atoms with Gasteiger partial charge >= 0.3 is 0 Å². The first kappa shape index (κ1) is 36.3. The Kier molecular flexibility index (Phi) is 13.2. The van der Waals surface area contributed by atoms with Crippen molar-refractivity contribution in [1.82, 2.24) is 9.97 Å². The smallest absolute Gasteiger partial charge is 0.162 e. The van der Waals surface area contributed by atoms with Crippen LogP contribution in [0.3, 0.4) is 0 Å². The fourth-order valence-electron chi connectivity index (χ4n) is 5.51. The van der Waals surface area contributed by atoms with Crippen LogP contribution in [-0.4, -0.2) is 20.9 Å². The summed E-state index contributed by atoms with van der Waals surface area (Å²) < 4.78 is 1.20. The molecule has 1 radical (unpaired) electrons. The fourth-order valence-corrected chi connectivity index (χ4v) is 6.53. The molecule has 0 atom stereocenters. The third-order valence-corrected chi connectivity index (χ3v) is 9.41. The molecular formula is C39H45IrN2O2S-. The number of ketones is 1. The summed E-state index contributed by atoms with van der Waals surface area (Å²) in [5.41, 5.74) is 5.55. The van der Waals surface area contributed by atoms with Crippen LogP contribution in [0.25, 0.3) is 42.7 Å². The number of allylic oxidation sites excluding steroid dienone is 2. The summed E-state index contributed by atoms with van der Waals surface area (Å²) in [6.07, 6.45) is 8.64. The largest absolute Gasteiger partial charge is 0.512 e. The van der Waals surface area contributed by atoms with Gasteiger partial charge in [-0.2, -0.15) is 0 Å². The van der Waals surface area contributed by atoms with Crippen molar-refractivity contribution < 1.29 is 30.0 Å². The molecule has 0 aliphatic heterocycles. The molecule has 0 saturated heterocycles. The number of aliphatic hydroxyl groups is 1. The number of rotatable bonds is 9. The van der Waals surface area contributed by atoms with Gasteiger partial charge in [0.2, 0.25) is 0 Å².